The van der Waals surface area contributed by atoms with E-state index in [9.17, 15) is 4.79 Å². The van der Waals surface area contributed by atoms with Crippen molar-refractivity contribution in [3.05, 3.63) is 59.9 Å². The molecule has 1 aliphatic rings. The van der Waals surface area contributed by atoms with E-state index in [0.717, 1.165) is 19.6 Å². The van der Waals surface area contributed by atoms with Gasteiger partial charge in [-0.3, -0.25) is 4.79 Å². The van der Waals surface area contributed by atoms with Crippen LogP contribution in [0.2, 0.25) is 0 Å². The Kier molecular flexibility index (Phi) is 3.33. The van der Waals surface area contributed by atoms with Crippen molar-refractivity contribution in [3.8, 4) is 0 Å². The molecule has 4 nitrogen and oxygen atoms in total. The number of piperazine rings is 1. The molecule has 2 N–H and O–H groups in total. The van der Waals surface area contributed by atoms with Gasteiger partial charge in [0.2, 0.25) is 0 Å². The molecular weight excluding hydrogens is 238 g/mol. The third kappa shape index (κ3) is 2.39. The van der Waals surface area contributed by atoms with Gasteiger partial charge in [-0.05, 0) is 17.7 Å². The molecule has 1 aliphatic heterocycles. The molecule has 98 valence electrons. The van der Waals surface area contributed by atoms with Crippen LogP contribution in [-0.2, 0) is 0 Å². The zero-order chi connectivity index (χ0) is 13.1. The first-order chi connectivity index (χ1) is 9.36. The molecule has 1 amide bonds. The van der Waals surface area contributed by atoms with Crippen molar-refractivity contribution in [3.63, 3.8) is 0 Å². The van der Waals surface area contributed by atoms with Gasteiger partial charge >= 0.3 is 0 Å². The van der Waals surface area contributed by atoms with Crippen molar-refractivity contribution in [2.24, 2.45) is 0 Å². The standard InChI is InChI=1S/C15H17N3O/c19-15(13-7-4-8-17-13)18-10-9-16-11-14(18)12-5-2-1-3-6-12/h1-8,14,16-17H,9-11H2. The smallest absolute Gasteiger partial charge is 0.270 e. The summed E-state index contributed by atoms with van der Waals surface area (Å²) in [6.45, 7) is 2.38. The van der Waals surface area contributed by atoms with Gasteiger partial charge in [0, 0.05) is 25.8 Å². The van der Waals surface area contributed by atoms with Gasteiger partial charge in [0.25, 0.3) is 5.91 Å². The van der Waals surface area contributed by atoms with Crippen molar-refractivity contribution in [2.75, 3.05) is 19.6 Å². The molecule has 4 heteroatoms. The second-order valence-electron chi connectivity index (χ2n) is 4.71. The lowest BCUT2D eigenvalue weighted by Gasteiger charge is -2.36. The predicted molar refractivity (Wildman–Crippen MR) is 73.9 cm³/mol. The summed E-state index contributed by atoms with van der Waals surface area (Å²) >= 11 is 0. The minimum Gasteiger partial charge on any atom is -0.357 e. The first-order valence-electron chi connectivity index (χ1n) is 6.56. The molecule has 0 spiro atoms. The molecule has 0 bridgehead atoms. The SMILES string of the molecule is O=C(c1ccc[nH]1)N1CCNCC1c1ccccc1. The van der Waals surface area contributed by atoms with Crippen molar-refractivity contribution < 1.29 is 4.79 Å². The number of aromatic nitrogens is 1. The number of rotatable bonds is 2. The molecule has 19 heavy (non-hydrogen) atoms. The van der Waals surface area contributed by atoms with Crippen LogP contribution in [0, 0.1) is 0 Å². The molecule has 1 fully saturated rings. The van der Waals surface area contributed by atoms with Gasteiger partial charge in [-0.15, -0.1) is 0 Å². The van der Waals surface area contributed by atoms with E-state index in [-0.39, 0.29) is 11.9 Å². The van der Waals surface area contributed by atoms with Crippen molar-refractivity contribution in [1.82, 2.24) is 15.2 Å². The summed E-state index contributed by atoms with van der Waals surface area (Å²) in [7, 11) is 0. The number of H-pyrrole nitrogens is 1. The number of nitrogens with zero attached hydrogens (tertiary/aromatic N) is 1. The van der Waals surface area contributed by atoms with Gasteiger partial charge in [0.05, 0.1) is 6.04 Å². The molecule has 2 heterocycles. The third-order valence-corrected chi connectivity index (χ3v) is 3.52. The van der Waals surface area contributed by atoms with Crippen LogP contribution >= 0.6 is 0 Å². The highest BCUT2D eigenvalue weighted by molar-refractivity contribution is 5.92. The topological polar surface area (TPSA) is 48.1 Å². The maximum Gasteiger partial charge on any atom is 0.270 e. The Morgan fingerprint density at radius 3 is 2.74 bits per heavy atom. The minimum atomic E-state index is 0.0698. The average molecular weight is 255 g/mol. The van der Waals surface area contributed by atoms with Crippen molar-refractivity contribution in [1.29, 1.82) is 0 Å². The largest absolute Gasteiger partial charge is 0.357 e. The fourth-order valence-electron chi connectivity index (χ4n) is 2.54. The maximum absolute atomic E-state index is 12.5. The van der Waals surface area contributed by atoms with E-state index in [1.54, 1.807) is 6.20 Å². The van der Waals surface area contributed by atoms with Gasteiger partial charge in [0.1, 0.15) is 5.69 Å². The lowest BCUT2D eigenvalue weighted by molar-refractivity contribution is 0.0629. The van der Waals surface area contributed by atoms with Crippen LogP contribution in [0.4, 0.5) is 0 Å². The number of carbonyl (C=O) groups is 1. The fourth-order valence-corrected chi connectivity index (χ4v) is 2.54. The normalized spacial score (nSPS) is 19.4. The van der Waals surface area contributed by atoms with Crippen LogP contribution in [0.3, 0.4) is 0 Å². The van der Waals surface area contributed by atoms with E-state index in [1.807, 2.05) is 35.2 Å². The van der Waals surface area contributed by atoms with E-state index >= 15 is 0 Å². The number of aromatic amines is 1. The monoisotopic (exact) mass is 255 g/mol. The van der Waals surface area contributed by atoms with E-state index < -0.39 is 0 Å². The second kappa shape index (κ2) is 5.28. The first-order valence-corrected chi connectivity index (χ1v) is 6.56. The number of carbonyl (C=O) groups excluding carboxylic acids is 1. The zero-order valence-electron chi connectivity index (χ0n) is 10.7. The lowest BCUT2D eigenvalue weighted by Crippen LogP contribution is -2.48. The molecule has 1 aromatic carbocycles. The Hall–Kier alpha value is -2.07. The van der Waals surface area contributed by atoms with Crippen molar-refractivity contribution in [2.45, 2.75) is 6.04 Å². The Morgan fingerprint density at radius 2 is 2.00 bits per heavy atom. The molecule has 1 atom stereocenters. The number of hydrogen-bond donors (Lipinski definition) is 2. The summed E-state index contributed by atoms with van der Waals surface area (Å²) in [4.78, 5) is 17.4. The quantitative estimate of drug-likeness (QED) is 0.859. The number of nitrogens with one attached hydrogen (secondary N) is 2. The number of hydrogen-bond acceptors (Lipinski definition) is 2. The molecule has 0 aliphatic carbocycles. The average Bonchev–Trinajstić information content (AvgIpc) is 3.02. The molecule has 1 unspecified atom stereocenters. The van der Waals surface area contributed by atoms with E-state index in [4.69, 9.17) is 0 Å². The van der Waals surface area contributed by atoms with Gasteiger partial charge in [-0.1, -0.05) is 30.3 Å². The van der Waals surface area contributed by atoms with Crippen LogP contribution in [0.1, 0.15) is 22.1 Å². The summed E-state index contributed by atoms with van der Waals surface area (Å²) in [5.74, 6) is 0.0698. The number of benzene rings is 1. The van der Waals surface area contributed by atoms with Crippen LogP contribution in [0.15, 0.2) is 48.7 Å². The van der Waals surface area contributed by atoms with E-state index in [2.05, 4.69) is 22.4 Å². The minimum absolute atomic E-state index is 0.0698. The summed E-state index contributed by atoms with van der Waals surface area (Å²) in [6.07, 6.45) is 1.78. The van der Waals surface area contributed by atoms with Crippen LogP contribution in [0.5, 0.6) is 0 Å². The molecular formula is C15H17N3O. The van der Waals surface area contributed by atoms with E-state index in [0.29, 0.717) is 5.69 Å². The highest BCUT2D eigenvalue weighted by atomic mass is 16.2. The lowest BCUT2D eigenvalue weighted by atomic mass is 10.0. The Labute approximate surface area is 112 Å². The van der Waals surface area contributed by atoms with Crippen LogP contribution < -0.4 is 5.32 Å². The summed E-state index contributed by atoms with van der Waals surface area (Å²) < 4.78 is 0. The summed E-state index contributed by atoms with van der Waals surface area (Å²) in [5.41, 5.74) is 1.83. The van der Waals surface area contributed by atoms with E-state index in [1.165, 1.54) is 5.56 Å². The molecule has 3 rings (SSSR count). The Bertz CT molecular complexity index is 536. The Balaban J connectivity index is 1.87. The molecule has 1 aromatic heterocycles. The summed E-state index contributed by atoms with van der Waals surface area (Å²) in [6, 6.07) is 14.0. The summed E-state index contributed by atoms with van der Waals surface area (Å²) in [5, 5.41) is 3.36. The second-order valence-corrected chi connectivity index (χ2v) is 4.71. The molecule has 1 saturated heterocycles. The van der Waals surface area contributed by atoms with Crippen LogP contribution in [-0.4, -0.2) is 35.4 Å². The molecule has 0 radical (unpaired) electrons. The highest BCUT2D eigenvalue weighted by Crippen LogP contribution is 2.23. The number of amides is 1. The molecule has 0 saturated carbocycles. The van der Waals surface area contributed by atoms with Crippen LogP contribution in [0.25, 0.3) is 0 Å². The van der Waals surface area contributed by atoms with Gasteiger partial charge in [-0.25, -0.2) is 0 Å². The van der Waals surface area contributed by atoms with Gasteiger partial charge in [0.15, 0.2) is 0 Å². The van der Waals surface area contributed by atoms with Gasteiger partial charge in [-0.2, -0.15) is 0 Å². The maximum atomic E-state index is 12.5. The molecule has 2 aromatic rings. The van der Waals surface area contributed by atoms with Crippen molar-refractivity contribution >= 4 is 5.91 Å². The van der Waals surface area contributed by atoms with Gasteiger partial charge < -0.3 is 15.2 Å². The predicted octanol–water partition coefficient (Wildman–Crippen LogP) is 1.80. The first kappa shape index (κ1) is 12.0. The third-order valence-electron chi connectivity index (χ3n) is 3.52. The fraction of sp³-hybridized carbons (Fsp3) is 0.267. The zero-order valence-corrected chi connectivity index (χ0v) is 10.7. The highest BCUT2D eigenvalue weighted by Gasteiger charge is 2.28. The Morgan fingerprint density at radius 1 is 1.16 bits per heavy atom.